The second-order valence-corrected chi connectivity index (χ2v) is 6.49. The standard InChI is InChI=1S/C18H17Cl2N5O/c1-11(2)26-15-9-4-3-8-14(15)22-16-10-21-25-18(23-16)24-17-12(19)6-5-7-13(17)20/h3-11H,1-2H3,(H2,22,23,24,25). The number of hydrogen-bond acceptors (Lipinski definition) is 6. The number of hydrogen-bond donors (Lipinski definition) is 2. The van der Waals surface area contributed by atoms with Crippen molar-refractivity contribution >= 4 is 46.3 Å². The van der Waals surface area contributed by atoms with E-state index in [9.17, 15) is 0 Å². The van der Waals surface area contributed by atoms with Crippen molar-refractivity contribution < 1.29 is 4.74 Å². The van der Waals surface area contributed by atoms with E-state index < -0.39 is 0 Å². The second-order valence-electron chi connectivity index (χ2n) is 5.67. The Morgan fingerprint density at radius 1 is 0.962 bits per heavy atom. The van der Waals surface area contributed by atoms with Gasteiger partial charge in [-0.3, -0.25) is 0 Å². The minimum atomic E-state index is 0.0565. The number of para-hydroxylation sites is 3. The third-order valence-corrected chi connectivity index (χ3v) is 3.90. The van der Waals surface area contributed by atoms with Crippen LogP contribution in [0.25, 0.3) is 0 Å². The molecular formula is C18H17Cl2N5O. The fourth-order valence-corrected chi connectivity index (χ4v) is 2.70. The quantitative estimate of drug-likeness (QED) is 0.583. The maximum absolute atomic E-state index is 6.16. The minimum Gasteiger partial charge on any atom is -0.489 e. The smallest absolute Gasteiger partial charge is 0.249 e. The van der Waals surface area contributed by atoms with Crippen molar-refractivity contribution in [2.24, 2.45) is 0 Å². The van der Waals surface area contributed by atoms with Crippen molar-refractivity contribution in [3.05, 3.63) is 58.7 Å². The minimum absolute atomic E-state index is 0.0565. The van der Waals surface area contributed by atoms with Crippen molar-refractivity contribution in [2.45, 2.75) is 20.0 Å². The molecule has 0 bridgehead atoms. The average Bonchev–Trinajstić information content (AvgIpc) is 2.60. The number of anilines is 4. The molecule has 1 heterocycles. The van der Waals surface area contributed by atoms with Crippen LogP contribution in [0, 0.1) is 0 Å². The number of rotatable bonds is 6. The zero-order chi connectivity index (χ0) is 18.5. The molecule has 8 heteroatoms. The lowest BCUT2D eigenvalue weighted by Gasteiger charge is -2.15. The molecule has 2 N–H and O–H groups in total. The van der Waals surface area contributed by atoms with Gasteiger partial charge in [0.25, 0.3) is 0 Å². The van der Waals surface area contributed by atoms with Gasteiger partial charge in [0.2, 0.25) is 5.95 Å². The highest BCUT2D eigenvalue weighted by Gasteiger charge is 2.10. The fourth-order valence-electron chi connectivity index (χ4n) is 2.21. The summed E-state index contributed by atoms with van der Waals surface area (Å²) < 4.78 is 5.80. The molecule has 0 aliphatic carbocycles. The first-order valence-corrected chi connectivity index (χ1v) is 8.72. The van der Waals surface area contributed by atoms with Gasteiger partial charge in [-0.1, -0.05) is 41.4 Å². The van der Waals surface area contributed by atoms with Gasteiger partial charge in [-0.05, 0) is 38.1 Å². The average molecular weight is 390 g/mol. The number of nitrogens with one attached hydrogen (secondary N) is 2. The molecule has 2 aromatic carbocycles. The van der Waals surface area contributed by atoms with Gasteiger partial charge in [-0.2, -0.15) is 10.1 Å². The first kappa shape index (κ1) is 18.2. The van der Waals surface area contributed by atoms with E-state index in [2.05, 4.69) is 25.8 Å². The Balaban J connectivity index is 1.83. The van der Waals surface area contributed by atoms with E-state index in [1.807, 2.05) is 38.1 Å². The van der Waals surface area contributed by atoms with Crippen LogP contribution in [0.2, 0.25) is 10.0 Å². The van der Waals surface area contributed by atoms with Crippen LogP contribution in [0.4, 0.5) is 23.1 Å². The Morgan fingerprint density at radius 3 is 2.42 bits per heavy atom. The van der Waals surface area contributed by atoms with E-state index in [1.54, 1.807) is 18.2 Å². The van der Waals surface area contributed by atoms with Gasteiger partial charge in [0.05, 0.1) is 33.7 Å². The molecule has 0 radical (unpaired) electrons. The molecule has 134 valence electrons. The fraction of sp³-hybridized carbons (Fsp3) is 0.167. The molecule has 6 nitrogen and oxygen atoms in total. The summed E-state index contributed by atoms with van der Waals surface area (Å²) in [6, 6.07) is 12.8. The third kappa shape index (κ3) is 4.53. The summed E-state index contributed by atoms with van der Waals surface area (Å²) in [6.45, 7) is 3.94. The lowest BCUT2D eigenvalue weighted by atomic mass is 10.3. The molecule has 26 heavy (non-hydrogen) atoms. The van der Waals surface area contributed by atoms with E-state index in [1.165, 1.54) is 6.20 Å². The van der Waals surface area contributed by atoms with Crippen molar-refractivity contribution in [1.29, 1.82) is 0 Å². The molecular weight excluding hydrogens is 373 g/mol. The lowest BCUT2D eigenvalue weighted by molar-refractivity contribution is 0.244. The molecule has 3 rings (SSSR count). The van der Waals surface area contributed by atoms with Crippen molar-refractivity contribution in [2.75, 3.05) is 10.6 Å². The molecule has 0 amide bonds. The second kappa shape index (κ2) is 8.21. The Hall–Kier alpha value is -2.57. The number of halogens is 2. The van der Waals surface area contributed by atoms with Gasteiger partial charge in [-0.15, -0.1) is 5.10 Å². The molecule has 0 aliphatic heterocycles. The van der Waals surface area contributed by atoms with Crippen LogP contribution in [0.1, 0.15) is 13.8 Å². The van der Waals surface area contributed by atoms with Crippen LogP contribution in [-0.2, 0) is 0 Å². The van der Waals surface area contributed by atoms with E-state index in [4.69, 9.17) is 27.9 Å². The largest absolute Gasteiger partial charge is 0.489 e. The molecule has 0 saturated heterocycles. The number of ether oxygens (including phenoxy) is 1. The van der Waals surface area contributed by atoms with Gasteiger partial charge < -0.3 is 15.4 Å². The van der Waals surface area contributed by atoms with Crippen LogP contribution in [-0.4, -0.2) is 21.3 Å². The van der Waals surface area contributed by atoms with Gasteiger partial charge in [0.15, 0.2) is 5.82 Å². The van der Waals surface area contributed by atoms with Crippen molar-refractivity contribution in [1.82, 2.24) is 15.2 Å². The van der Waals surface area contributed by atoms with Gasteiger partial charge in [-0.25, -0.2) is 0 Å². The summed E-state index contributed by atoms with van der Waals surface area (Å²) in [4.78, 5) is 4.40. The summed E-state index contributed by atoms with van der Waals surface area (Å²) in [5, 5.41) is 15.0. The van der Waals surface area contributed by atoms with Crippen LogP contribution in [0.15, 0.2) is 48.7 Å². The highest BCUT2D eigenvalue weighted by Crippen LogP contribution is 2.32. The molecule has 0 saturated carbocycles. The van der Waals surface area contributed by atoms with E-state index >= 15 is 0 Å². The summed E-state index contributed by atoms with van der Waals surface area (Å²) in [6.07, 6.45) is 1.58. The lowest BCUT2D eigenvalue weighted by Crippen LogP contribution is -2.08. The van der Waals surface area contributed by atoms with E-state index in [0.717, 1.165) is 11.4 Å². The maximum atomic E-state index is 6.16. The topological polar surface area (TPSA) is 72.0 Å². The highest BCUT2D eigenvalue weighted by molar-refractivity contribution is 6.39. The number of nitrogens with zero attached hydrogens (tertiary/aromatic N) is 3. The first-order valence-electron chi connectivity index (χ1n) is 7.96. The summed E-state index contributed by atoms with van der Waals surface area (Å²) in [5.41, 5.74) is 1.31. The van der Waals surface area contributed by atoms with Crippen LogP contribution >= 0.6 is 23.2 Å². The Kier molecular flexibility index (Phi) is 5.75. The molecule has 1 aromatic heterocycles. The number of benzene rings is 2. The van der Waals surface area contributed by atoms with Crippen molar-refractivity contribution in [3.8, 4) is 5.75 Å². The predicted octanol–water partition coefficient (Wildman–Crippen LogP) is 5.45. The number of aromatic nitrogens is 3. The third-order valence-electron chi connectivity index (χ3n) is 3.27. The zero-order valence-corrected chi connectivity index (χ0v) is 15.7. The highest BCUT2D eigenvalue weighted by atomic mass is 35.5. The molecule has 0 fully saturated rings. The van der Waals surface area contributed by atoms with Crippen molar-refractivity contribution in [3.63, 3.8) is 0 Å². The van der Waals surface area contributed by atoms with E-state index in [-0.39, 0.29) is 12.1 Å². The van der Waals surface area contributed by atoms with Crippen LogP contribution < -0.4 is 15.4 Å². The summed E-state index contributed by atoms with van der Waals surface area (Å²) in [7, 11) is 0. The van der Waals surface area contributed by atoms with Gasteiger partial charge >= 0.3 is 0 Å². The predicted molar refractivity (Wildman–Crippen MR) is 105 cm³/mol. The maximum Gasteiger partial charge on any atom is 0.249 e. The molecule has 0 spiro atoms. The van der Waals surface area contributed by atoms with Gasteiger partial charge in [0.1, 0.15) is 5.75 Å². The van der Waals surface area contributed by atoms with E-state index in [0.29, 0.717) is 21.6 Å². The Labute approximate surface area is 161 Å². The zero-order valence-electron chi connectivity index (χ0n) is 14.2. The Bertz CT molecular complexity index is 884. The molecule has 3 aromatic rings. The van der Waals surface area contributed by atoms with Crippen LogP contribution in [0.3, 0.4) is 0 Å². The monoisotopic (exact) mass is 389 g/mol. The molecule has 0 aliphatic rings. The van der Waals surface area contributed by atoms with Crippen LogP contribution in [0.5, 0.6) is 5.75 Å². The SMILES string of the molecule is CC(C)Oc1ccccc1Nc1cnnc(Nc2c(Cl)cccc2Cl)n1. The summed E-state index contributed by atoms with van der Waals surface area (Å²) in [5.74, 6) is 1.50. The normalized spacial score (nSPS) is 10.7. The summed E-state index contributed by atoms with van der Waals surface area (Å²) >= 11 is 12.3. The Morgan fingerprint density at radius 2 is 1.69 bits per heavy atom. The molecule has 0 unspecified atom stereocenters. The molecule has 0 atom stereocenters. The first-order chi connectivity index (χ1) is 12.5. The van der Waals surface area contributed by atoms with Gasteiger partial charge in [0, 0.05) is 0 Å².